The first-order valence-corrected chi connectivity index (χ1v) is 9.86. The van der Waals surface area contributed by atoms with Gasteiger partial charge in [0, 0.05) is 11.3 Å². The van der Waals surface area contributed by atoms with Crippen LogP contribution in [0.5, 0.6) is 0 Å². The largest absolute Gasteiger partial charge is 0.325 e. The summed E-state index contributed by atoms with van der Waals surface area (Å²) in [6.45, 7) is 4.02. The number of aryl methyl sites for hydroxylation is 2. The molecule has 0 atom stereocenters. The first-order valence-electron chi connectivity index (χ1n) is 8.87. The quantitative estimate of drug-likeness (QED) is 0.520. The topological polar surface area (TPSA) is 72.2 Å². The Bertz CT molecular complexity index is 1120. The van der Waals surface area contributed by atoms with E-state index in [0.717, 1.165) is 28.1 Å². The van der Waals surface area contributed by atoms with Crippen LogP contribution in [-0.2, 0) is 4.79 Å². The molecule has 7 heteroatoms. The SMILES string of the molecule is Cc1cc(C)cc(NC(=O)CSc2nnc3ccc(-c4ccccc4)nn23)c1. The third kappa shape index (κ3) is 4.04. The Morgan fingerprint density at radius 3 is 2.50 bits per heavy atom. The minimum atomic E-state index is -0.0917. The van der Waals surface area contributed by atoms with E-state index >= 15 is 0 Å². The van der Waals surface area contributed by atoms with Gasteiger partial charge in [-0.3, -0.25) is 4.79 Å². The Morgan fingerprint density at radius 1 is 1.00 bits per heavy atom. The van der Waals surface area contributed by atoms with E-state index in [4.69, 9.17) is 0 Å². The number of hydrogen-bond acceptors (Lipinski definition) is 5. The molecule has 4 aromatic rings. The van der Waals surface area contributed by atoms with E-state index in [0.29, 0.717) is 10.8 Å². The molecule has 1 N–H and O–H groups in total. The molecule has 0 unspecified atom stereocenters. The predicted molar refractivity (Wildman–Crippen MR) is 111 cm³/mol. The fourth-order valence-corrected chi connectivity index (χ4v) is 3.68. The highest BCUT2D eigenvalue weighted by Crippen LogP contribution is 2.21. The second-order valence-corrected chi connectivity index (χ2v) is 7.49. The summed E-state index contributed by atoms with van der Waals surface area (Å²) < 4.78 is 1.68. The van der Waals surface area contributed by atoms with E-state index in [-0.39, 0.29) is 11.7 Å². The van der Waals surface area contributed by atoms with Gasteiger partial charge in [-0.05, 0) is 49.2 Å². The van der Waals surface area contributed by atoms with Gasteiger partial charge in [0.2, 0.25) is 11.1 Å². The average Bonchev–Trinajstić information content (AvgIpc) is 3.08. The minimum Gasteiger partial charge on any atom is -0.325 e. The van der Waals surface area contributed by atoms with Crippen LogP contribution in [0, 0.1) is 13.8 Å². The summed E-state index contributed by atoms with van der Waals surface area (Å²) in [5.41, 5.74) is 5.53. The number of thioether (sulfide) groups is 1. The van der Waals surface area contributed by atoms with Crippen LogP contribution in [0.25, 0.3) is 16.9 Å². The normalized spacial score (nSPS) is 10.9. The standard InChI is InChI=1S/C21H19N5OS/c1-14-10-15(2)12-17(11-14)22-20(27)13-28-21-24-23-19-9-8-18(25-26(19)21)16-6-4-3-5-7-16/h3-12H,13H2,1-2H3,(H,22,27). The maximum atomic E-state index is 12.3. The lowest BCUT2D eigenvalue weighted by Crippen LogP contribution is -2.14. The van der Waals surface area contributed by atoms with Gasteiger partial charge in [0.05, 0.1) is 11.4 Å². The van der Waals surface area contributed by atoms with Gasteiger partial charge in [0.1, 0.15) is 0 Å². The number of carbonyl (C=O) groups excluding carboxylic acids is 1. The van der Waals surface area contributed by atoms with Crippen molar-refractivity contribution in [3.05, 3.63) is 71.8 Å². The van der Waals surface area contributed by atoms with Crippen LogP contribution < -0.4 is 5.32 Å². The molecule has 0 aliphatic carbocycles. The zero-order valence-electron chi connectivity index (χ0n) is 15.6. The number of amides is 1. The highest BCUT2D eigenvalue weighted by Gasteiger charge is 2.12. The van der Waals surface area contributed by atoms with Crippen LogP contribution >= 0.6 is 11.8 Å². The van der Waals surface area contributed by atoms with Gasteiger partial charge >= 0.3 is 0 Å². The van der Waals surface area contributed by atoms with Crippen molar-refractivity contribution in [1.29, 1.82) is 0 Å². The van der Waals surface area contributed by atoms with E-state index in [9.17, 15) is 4.79 Å². The molecule has 4 rings (SSSR count). The zero-order valence-corrected chi connectivity index (χ0v) is 16.4. The Labute approximate surface area is 167 Å². The molecule has 0 bridgehead atoms. The van der Waals surface area contributed by atoms with Crippen molar-refractivity contribution in [2.75, 3.05) is 11.1 Å². The molecule has 2 aromatic carbocycles. The molecule has 2 aromatic heterocycles. The molecule has 0 spiro atoms. The summed E-state index contributed by atoms with van der Waals surface area (Å²) in [5, 5.41) is 16.5. The van der Waals surface area contributed by atoms with Gasteiger partial charge in [-0.15, -0.1) is 10.2 Å². The number of hydrogen-bond donors (Lipinski definition) is 1. The maximum absolute atomic E-state index is 12.3. The first kappa shape index (κ1) is 18.2. The molecule has 0 saturated heterocycles. The number of nitrogens with one attached hydrogen (secondary N) is 1. The van der Waals surface area contributed by atoms with Crippen molar-refractivity contribution in [2.45, 2.75) is 19.0 Å². The molecular formula is C21H19N5OS. The Kier molecular flexibility index (Phi) is 5.08. The fraction of sp³-hybridized carbons (Fsp3) is 0.143. The third-order valence-corrected chi connectivity index (χ3v) is 5.06. The van der Waals surface area contributed by atoms with E-state index in [1.165, 1.54) is 11.8 Å². The summed E-state index contributed by atoms with van der Waals surface area (Å²) in [6.07, 6.45) is 0. The molecule has 140 valence electrons. The van der Waals surface area contributed by atoms with Crippen molar-refractivity contribution in [2.24, 2.45) is 0 Å². The van der Waals surface area contributed by atoms with Crippen LogP contribution in [0.2, 0.25) is 0 Å². The van der Waals surface area contributed by atoms with Crippen LogP contribution in [0.1, 0.15) is 11.1 Å². The van der Waals surface area contributed by atoms with Gasteiger partial charge in [-0.25, -0.2) is 0 Å². The van der Waals surface area contributed by atoms with Crippen LogP contribution in [0.3, 0.4) is 0 Å². The van der Waals surface area contributed by atoms with Crippen LogP contribution in [0.15, 0.2) is 65.8 Å². The average molecular weight is 389 g/mol. The summed E-state index contributed by atoms with van der Waals surface area (Å²) >= 11 is 1.31. The number of carbonyl (C=O) groups is 1. The monoisotopic (exact) mass is 389 g/mol. The van der Waals surface area contributed by atoms with Gasteiger partial charge in [0.15, 0.2) is 5.65 Å². The number of benzene rings is 2. The molecule has 28 heavy (non-hydrogen) atoms. The zero-order chi connectivity index (χ0) is 19.5. The smallest absolute Gasteiger partial charge is 0.234 e. The molecule has 0 aliphatic rings. The Balaban J connectivity index is 1.49. The van der Waals surface area contributed by atoms with Crippen molar-refractivity contribution in [3.63, 3.8) is 0 Å². The molecule has 0 saturated carbocycles. The highest BCUT2D eigenvalue weighted by molar-refractivity contribution is 7.99. The second-order valence-electron chi connectivity index (χ2n) is 6.55. The molecular weight excluding hydrogens is 370 g/mol. The molecule has 0 radical (unpaired) electrons. The van der Waals surface area contributed by atoms with Crippen molar-refractivity contribution < 1.29 is 4.79 Å². The molecule has 1 amide bonds. The molecule has 2 heterocycles. The second kappa shape index (κ2) is 7.82. The van der Waals surface area contributed by atoms with E-state index in [1.807, 2.05) is 68.4 Å². The maximum Gasteiger partial charge on any atom is 0.234 e. The molecule has 0 aliphatic heterocycles. The van der Waals surface area contributed by atoms with Crippen LogP contribution in [0.4, 0.5) is 5.69 Å². The fourth-order valence-electron chi connectivity index (χ4n) is 3.00. The minimum absolute atomic E-state index is 0.0917. The van der Waals surface area contributed by atoms with Gasteiger partial charge in [-0.1, -0.05) is 48.2 Å². The predicted octanol–water partition coefficient (Wildman–Crippen LogP) is 4.14. The molecule has 0 fully saturated rings. The third-order valence-electron chi connectivity index (χ3n) is 4.14. The summed E-state index contributed by atoms with van der Waals surface area (Å²) in [5.74, 6) is 0.136. The highest BCUT2D eigenvalue weighted by atomic mass is 32.2. The number of rotatable bonds is 5. The Hall–Kier alpha value is -3.19. The van der Waals surface area contributed by atoms with Crippen LogP contribution in [-0.4, -0.2) is 31.5 Å². The van der Waals surface area contributed by atoms with E-state index in [1.54, 1.807) is 4.52 Å². The van der Waals surface area contributed by atoms with Gasteiger partial charge in [-0.2, -0.15) is 9.61 Å². The van der Waals surface area contributed by atoms with Gasteiger partial charge in [0.25, 0.3) is 0 Å². The lowest BCUT2D eigenvalue weighted by atomic mass is 10.1. The van der Waals surface area contributed by atoms with E-state index in [2.05, 4.69) is 26.7 Å². The first-order chi connectivity index (χ1) is 13.6. The van der Waals surface area contributed by atoms with Gasteiger partial charge < -0.3 is 5.32 Å². The lowest BCUT2D eigenvalue weighted by molar-refractivity contribution is -0.113. The van der Waals surface area contributed by atoms with Crippen molar-refractivity contribution in [1.82, 2.24) is 19.8 Å². The Morgan fingerprint density at radius 2 is 1.75 bits per heavy atom. The van der Waals surface area contributed by atoms with Crippen molar-refractivity contribution >= 4 is 29.0 Å². The number of aromatic nitrogens is 4. The lowest BCUT2D eigenvalue weighted by Gasteiger charge is -2.07. The number of nitrogens with zero attached hydrogens (tertiary/aromatic N) is 4. The summed E-state index contributed by atoms with van der Waals surface area (Å²) in [4.78, 5) is 12.3. The summed E-state index contributed by atoms with van der Waals surface area (Å²) in [7, 11) is 0. The molecule has 6 nitrogen and oxygen atoms in total. The number of anilines is 1. The number of fused-ring (bicyclic) bond motifs is 1. The van der Waals surface area contributed by atoms with E-state index < -0.39 is 0 Å². The van der Waals surface area contributed by atoms with Crippen molar-refractivity contribution in [3.8, 4) is 11.3 Å². The summed E-state index contributed by atoms with van der Waals surface area (Å²) in [6, 6.07) is 19.7.